The van der Waals surface area contributed by atoms with Gasteiger partial charge in [-0.3, -0.25) is 0 Å². The Balaban J connectivity index is 1.87. The minimum Gasteiger partial charge on any atom is -0.445 e. The van der Waals surface area contributed by atoms with Crippen LogP contribution in [0.2, 0.25) is 0 Å². The van der Waals surface area contributed by atoms with Crippen LogP contribution in [0.25, 0.3) is 0 Å². The Hall–Kier alpha value is -1.66. The zero-order chi connectivity index (χ0) is 13.8. The van der Waals surface area contributed by atoms with E-state index >= 15 is 0 Å². The molecule has 0 aliphatic carbocycles. The highest BCUT2D eigenvalue weighted by molar-refractivity contribution is 5.68. The molecular weight excluding hydrogens is 253 g/mol. The molecule has 2 N–H and O–H groups in total. The first-order valence-electron chi connectivity index (χ1n) is 6.04. The monoisotopic (exact) mass is 269 g/mol. The molecule has 1 heterocycles. The topological polar surface area (TPSA) is 70.0 Å². The third kappa shape index (κ3) is 3.42. The van der Waals surface area contributed by atoms with E-state index in [9.17, 15) is 19.4 Å². The molecule has 1 amide bonds. The Morgan fingerprint density at radius 2 is 2.00 bits per heavy atom. The summed E-state index contributed by atoms with van der Waals surface area (Å²) in [6.45, 7) is -0.313. The summed E-state index contributed by atoms with van der Waals surface area (Å²) in [6, 6.07) is 9.10. The van der Waals surface area contributed by atoms with E-state index in [-0.39, 0.29) is 19.7 Å². The van der Waals surface area contributed by atoms with Crippen molar-refractivity contribution in [2.45, 2.75) is 25.0 Å². The number of benzene rings is 1. The number of nitrogens with zero attached hydrogens (tertiary/aromatic N) is 1. The quantitative estimate of drug-likeness (QED) is 0.829. The normalized spacial score (nSPS) is 27.1. The second kappa shape index (κ2) is 5.99. The molecule has 104 valence electrons. The number of β-amino-alcohol motifs (C(OH)–C–C–N with tert-alkyl or cyclic N) is 1. The van der Waals surface area contributed by atoms with Crippen LogP contribution in [0.4, 0.5) is 9.18 Å². The second-order valence-electron chi connectivity index (χ2n) is 4.52. The number of aliphatic hydroxyl groups excluding tert-OH is 2. The van der Waals surface area contributed by atoms with Crippen molar-refractivity contribution in [3.63, 3.8) is 0 Å². The molecule has 3 atom stereocenters. The molecule has 1 fully saturated rings. The Morgan fingerprint density at radius 3 is 2.63 bits per heavy atom. The molecule has 1 aromatic rings. The van der Waals surface area contributed by atoms with Gasteiger partial charge in [-0.15, -0.1) is 0 Å². The smallest absolute Gasteiger partial charge is 0.410 e. The number of likely N-dealkylation sites (tertiary alicyclic amines) is 1. The van der Waals surface area contributed by atoms with Crippen molar-refractivity contribution in [3.8, 4) is 0 Å². The van der Waals surface area contributed by atoms with Crippen LogP contribution in [0, 0.1) is 0 Å². The van der Waals surface area contributed by atoms with Crippen molar-refractivity contribution in [1.82, 2.24) is 4.90 Å². The van der Waals surface area contributed by atoms with Gasteiger partial charge in [0.15, 0.2) is 0 Å². The minimum atomic E-state index is -1.66. The van der Waals surface area contributed by atoms with E-state index < -0.39 is 24.5 Å². The minimum absolute atomic E-state index is 0.0891. The molecular formula is C13H16FNO4. The van der Waals surface area contributed by atoms with E-state index in [2.05, 4.69) is 0 Å². The van der Waals surface area contributed by atoms with Crippen LogP contribution in [0.15, 0.2) is 30.3 Å². The number of rotatable bonds is 2. The van der Waals surface area contributed by atoms with Gasteiger partial charge < -0.3 is 19.8 Å². The maximum atomic E-state index is 13.3. The number of hydrogen-bond donors (Lipinski definition) is 2. The molecule has 1 aliphatic rings. The van der Waals surface area contributed by atoms with E-state index in [1.165, 1.54) is 0 Å². The number of ether oxygens (including phenoxy) is 1. The Bertz CT molecular complexity index is 416. The number of piperidine rings is 1. The van der Waals surface area contributed by atoms with Gasteiger partial charge in [0.05, 0.1) is 13.1 Å². The van der Waals surface area contributed by atoms with E-state index in [1.54, 1.807) is 12.1 Å². The molecule has 3 unspecified atom stereocenters. The number of aliphatic hydroxyl groups is 2. The van der Waals surface area contributed by atoms with E-state index in [1.807, 2.05) is 18.2 Å². The number of hydrogen-bond acceptors (Lipinski definition) is 4. The number of alkyl halides is 1. The Kier molecular flexibility index (Phi) is 4.34. The summed E-state index contributed by atoms with van der Waals surface area (Å²) in [7, 11) is 0. The summed E-state index contributed by atoms with van der Waals surface area (Å²) in [5.41, 5.74) is 0.824. The summed E-state index contributed by atoms with van der Waals surface area (Å²) < 4.78 is 18.4. The molecule has 0 aromatic heterocycles. The summed E-state index contributed by atoms with van der Waals surface area (Å²) in [5, 5.41) is 18.7. The van der Waals surface area contributed by atoms with E-state index in [0.29, 0.717) is 0 Å². The fourth-order valence-corrected chi connectivity index (χ4v) is 1.93. The van der Waals surface area contributed by atoms with E-state index in [0.717, 1.165) is 10.5 Å². The lowest BCUT2D eigenvalue weighted by molar-refractivity contribution is -0.0791. The molecule has 1 aliphatic heterocycles. The second-order valence-corrected chi connectivity index (χ2v) is 4.52. The molecule has 1 saturated heterocycles. The molecule has 0 saturated carbocycles. The van der Waals surface area contributed by atoms with Gasteiger partial charge in [0.1, 0.15) is 25.0 Å². The van der Waals surface area contributed by atoms with Gasteiger partial charge in [-0.25, -0.2) is 9.18 Å². The van der Waals surface area contributed by atoms with Crippen LogP contribution < -0.4 is 0 Å². The first-order chi connectivity index (χ1) is 9.08. The number of carbonyl (C=O) groups excluding carboxylic acids is 1. The van der Waals surface area contributed by atoms with E-state index in [4.69, 9.17) is 4.74 Å². The molecule has 0 bridgehead atoms. The van der Waals surface area contributed by atoms with Crippen LogP contribution in [0.3, 0.4) is 0 Å². The maximum Gasteiger partial charge on any atom is 0.410 e. The van der Waals surface area contributed by atoms with Gasteiger partial charge in [0, 0.05) is 0 Å². The standard InChI is InChI=1S/C13H16FNO4/c14-10-6-15(7-11(16)12(10)17)13(18)19-8-9-4-2-1-3-5-9/h1-5,10-12,16-17H,6-8H2. The number of carbonyl (C=O) groups is 1. The van der Waals surface area contributed by atoms with Crippen LogP contribution in [0.5, 0.6) is 0 Å². The van der Waals surface area contributed by atoms with Crippen molar-refractivity contribution >= 4 is 6.09 Å². The molecule has 1 aromatic carbocycles. The summed E-state index contributed by atoms with van der Waals surface area (Å²) in [4.78, 5) is 12.8. The lowest BCUT2D eigenvalue weighted by Gasteiger charge is -2.34. The first-order valence-corrected chi connectivity index (χ1v) is 6.04. The van der Waals surface area contributed by atoms with Crippen molar-refractivity contribution in [1.29, 1.82) is 0 Å². The lowest BCUT2D eigenvalue weighted by Crippen LogP contribution is -2.55. The number of halogens is 1. The van der Waals surface area contributed by atoms with Crippen LogP contribution >= 0.6 is 0 Å². The van der Waals surface area contributed by atoms with Crippen LogP contribution in [-0.4, -0.2) is 52.7 Å². The Labute approximate surface area is 110 Å². The Morgan fingerprint density at radius 1 is 1.32 bits per heavy atom. The fourth-order valence-electron chi connectivity index (χ4n) is 1.93. The predicted molar refractivity (Wildman–Crippen MR) is 65.1 cm³/mol. The average Bonchev–Trinajstić information content (AvgIpc) is 2.42. The maximum absolute atomic E-state index is 13.3. The van der Waals surface area contributed by atoms with Crippen molar-refractivity contribution in [3.05, 3.63) is 35.9 Å². The first kappa shape index (κ1) is 13.8. The zero-order valence-corrected chi connectivity index (χ0v) is 10.3. The van der Waals surface area contributed by atoms with Crippen molar-refractivity contribution in [2.24, 2.45) is 0 Å². The highest BCUT2D eigenvalue weighted by Crippen LogP contribution is 2.16. The average molecular weight is 269 g/mol. The van der Waals surface area contributed by atoms with Crippen LogP contribution in [0.1, 0.15) is 5.56 Å². The molecule has 0 radical (unpaired) electrons. The summed E-state index contributed by atoms with van der Waals surface area (Å²) in [5.74, 6) is 0. The molecule has 6 heteroatoms. The fraction of sp³-hybridized carbons (Fsp3) is 0.462. The van der Waals surface area contributed by atoms with Gasteiger partial charge in [-0.05, 0) is 5.56 Å². The molecule has 2 rings (SSSR count). The SMILES string of the molecule is O=C(OCc1ccccc1)N1CC(O)C(O)C(F)C1. The predicted octanol–water partition coefficient (Wildman–Crippen LogP) is 0.699. The van der Waals surface area contributed by atoms with Crippen LogP contribution in [-0.2, 0) is 11.3 Å². The highest BCUT2D eigenvalue weighted by atomic mass is 19.1. The van der Waals surface area contributed by atoms with Gasteiger partial charge in [0.25, 0.3) is 0 Å². The molecule has 0 spiro atoms. The van der Waals surface area contributed by atoms with Gasteiger partial charge in [-0.1, -0.05) is 30.3 Å². The van der Waals surface area contributed by atoms with Crippen molar-refractivity contribution in [2.75, 3.05) is 13.1 Å². The van der Waals surface area contributed by atoms with Crippen molar-refractivity contribution < 1.29 is 24.1 Å². The van der Waals surface area contributed by atoms with Gasteiger partial charge in [0.2, 0.25) is 0 Å². The zero-order valence-electron chi connectivity index (χ0n) is 10.3. The van der Waals surface area contributed by atoms with Gasteiger partial charge >= 0.3 is 6.09 Å². The third-order valence-electron chi connectivity index (χ3n) is 3.03. The summed E-state index contributed by atoms with van der Waals surface area (Å²) >= 11 is 0. The lowest BCUT2D eigenvalue weighted by atomic mass is 10.0. The summed E-state index contributed by atoms with van der Waals surface area (Å²) in [6.07, 6.45) is -5.09. The third-order valence-corrected chi connectivity index (χ3v) is 3.03. The number of amides is 1. The molecule has 5 nitrogen and oxygen atoms in total. The largest absolute Gasteiger partial charge is 0.445 e. The van der Waals surface area contributed by atoms with Gasteiger partial charge in [-0.2, -0.15) is 0 Å². The molecule has 19 heavy (non-hydrogen) atoms. The highest BCUT2D eigenvalue weighted by Gasteiger charge is 2.37.